The summed E-state index contributed by atoms with van der Waals surface area (Å²) in [6.45, 7) is 3.07. The van der Waals surface area contributed by atoms with Crippen molar-refractivity contribution >= 4 is 28.9 Å². The minimum Gasteiger partial charge on any atom is -0.397 e. The molecule has 3 aromatic carbocycles. The van der Waals surface area contributed by atoms with E-state index in [9.17, 15) is 14.7 Å². The summed E-state index contributed by atoms with van der Waals surface area (Å²) in [6.07, 6.45) is 6.70. The minimum atomic E-state index is -0.565. The van der Waals surface area contributed by atoms with Gasteiger partial charge in [0, 0.05) is 37.1 Å². The second kappa shape index (κ2) is 16.5. The molecule has 2 aliphatic heterocycles. The highest BCUT2D eigenvalue weighted by molar-refractivity contribution is 5.93. The molecule has 0 aliphatic carbocycles. The third kappa shape index (κ3) is 9.86. The fourth-order valence-electron chi connectivity index (χ4n) is 6.02. The van der Waals surface area contributed by atoms with Crippen LogP contribution in [0.25, 0.3) is 0 Å². The molecule has 3 aromatic rings. The number of unbranched alkanes of at least 4 members (excludes halogenated alkanes) is 2. The number of carbonyl (C=O) groups is 2. The zero-order chi connectivity index (χ0) is 31.4. The van der Waals surface area contributed by atoms with Gasteiger partial charge in [-0.2, -0.15) is 0 Å². The Kier molecular flexibility index (Phi) is 12.0. The van der Waals surface area contributed by atoms with E-state index < -0.39 is 6.29 Å². The summed E-state index contributed by atoms with van der Waals surface area (Å²) >= 11 is 0. The molecule has 5 rings (SSSR count). The zero-order valence-corrected chi connectivity index (χ0v) is 26.0. The second-order valence-electron chi connectivity index (χ2n) is 12.1. The van der Waals surface area contributed by atoms with Crippen LogP contribution in [0.3, 0.4) is 0 Å². The molecule has 9 heteroatoms. The SMILES string of the molecule is Nc1ccccc1NC(=O)CCCCCC(=O)Nc1cccc([C@H]2O[C@@H](CN3CCCCC3)C[C@@H](c3ccc(CO)cc3)O2)c1. The van der Waals surface area contributed by atoms with Crippen LogP contribution in [0, 0.1) is 0 Å². The Morgan fingerprint density at radius 3 is 2.29 bits per heavy atom. The molecule has 9 nitrogen and oxygen atoms in total. The summed E-state index contributed by atoms with van der Waals surface area (Å²) in [4.78, 5) is 27.5. The Hall–Kier alpha value is -3.76. The van der Waals surface area contributed by atoms with Crippen molar-refractivity contribution in [2.24, 2.45) is 0 Å². The first-order chi connectivity index (χ1) is 22.0. The molecular weight excluding hydrogens is 568 g/mol. The number of ether oxygens (including phenoxy) is 2. The largest absolute Gasteiger partial charge is 0.397 e. The van der Waals surface area contributed by atoms with Gasteiger partial charge in [-0.1, -0.05) is 61.4 Å². The standard InChI is InChI=1S/C36H46N4O5/c37-31-12-5-6-13-32(31)39-35(43)15-4-1-3-14-34(42)38-29-11-9-10-28(22-29)36-44-30(24-40-20-7-2-8-21-40)23-33(45-36)27-18-16-26(25-41)17-19-27/h5-6,9-13,16-19,22,30,33,36,41H,1-4,7-8,14-15,20-21,23-25,37H2,(H,38,42)(H,39,43)/t30-,33+,36+/m1/s1. The van der Waals surface area contributed by atoms with Crippen LogP contribution in [0.1, 0.15) is 86.9 Å². The van der Waals surface area contributed by atoms with Crippen molar-refractivity contribution < 1.29 is 24.2 Å². The fourth-order valence-corrected chi connectivity index (χ4v) is 6.02. The lowest BCUT2D eigenvalue weighted by molar-refractivity contribution is -0.253. The summed E-state index contributed by atoms with van der Waals surface area (Å²) < 4.78 is 13.0. The fraction of sp³-hybridized carbons (Fsp3) is 0.444. The number of benzene rings is 3. The lowest BCUT2D eigenvalue weighted by Gasteiger charge is -2.39. The number of rotatable bonds is 13. The maximum absolute atomic E-state index is 12.7. The number of carbonyl (C=O) groups excluding carboxylic acids is 2. The number of aliphatic hydroxyl groups is 1. The van der Waals surface area contributed by atoms with E-state index in [1.165, 1.54) is 19.3 Å². The molecule has 0 unspecified atom stereocenters. The molecule has 2 saturated heterocycles. The third-order valence-electron chi connectivity index (χ3n) is 8.51. The van der Waals surface area contributed by atoms with Crippen molar-refractivity contribution in [2.45, 2.75) is 82.9 Å². The number of nitrogens with zero attached hydrogens (tertiary/aromatic N) is 1. The van der Waals surface area contributed by atoms with Gasteiger partial charge < -0.3 is 35.8 Å². The highest BCUT2D eigenvalue weighted by atomic mass is 16.7. The molecule has 2 aliphatic rings. The summed E-state index contributed by atoms with van der Waals surface area (Å²) in [5, 5.41) is 15.3. The first-order valence-electron chi connectivity index (χ1n) is 16.2. The summed E-state index contributed by atoms with van der Waals surface area (Å²) in [5.74, 6) is -0.145. The van der Waals surface area contributed by atoms with Crippen LogP contribution in [-0.2, 0) is 25.7 Å². The Balaban J connectivity index is 1.13. The number of hydrogen-bond acceptors (Lipinski definition) is 7. The van der Waals surface area contributed by atoms with E-state index >= 15 is 0 Å². The molecule has 0 saturated carbocycles. The molecular formula is C36H46N4O5. The average Bonchev–Trinajstić information content (AvgIpc) is 3.06. The smallest absolute Gasteiger partial charge is 0.224 e. The zero-order valence-electron chi connectivity index (χ0n) is 26.0. The predicted octanol–water partition coefficient (Wildman–Crippen LogP) is 6.32. The molecule has 0 bridgehead atoms. The van der Waals surface area contributed by atoms with Crippen LogP contribution in [0.15, 0.2) is 72.8 Å². The number of likely N-dealkylation sites (tertiary alicyclic amines) is 1. The molecule has 2 amide bonds. The van der Waals surface area contributed by atoms with Gasteiger partial charge in [0.1, 0.15) is 0 Å². The van der Waals surface area contributed by atoms with Crippen molar-refractivity contribution in [3.63, 3.8) is 0 Å². The summed E-state index contributed by atoms with van der Waals surface area (Å²) in [7, 11) is 0. The molecule has 5 N–H and O–H groups in total. The van der Waals surface area contributed by atoms with Gasteiger partial charge in [0.25, 0.3) is 0 Å². The molecule has 240 valence electrons. The first kappa shape index (κ1) is 32.6. The topological polar surface area (TPSA) is 126 Å². The maximum Gasteiger partial charge on any atom is 0.224 e. The molecule has 0 aromatic heterocycles. The summed E-state index contributed by atoms with van der Waals surface area (Å²) in [6, 6.07) is 22.8. The number of nitrogens with two attached hydrogens (primary N) is 1. The number of anilines is 3. The number of nitrogens with one attached hydrogen (secondary N) is 2. The van der Waals surface area contributed by atoms with Crippen molar-refractivity contribution in [1.29, 1.82) is 0 Å². The first-order valence-corrected chi connectivity index (χ1v) is 16.2. The number of aliphatic hydroxyl groups excluding tert-OH is 1. The predicted molar refractivity (Wildman–Crippen MR) is 176 cm³/mol. The third-order valence-corrected chi connectivity index (χ3v) is 8.51. The van der Waals surface area contributed by atoms with E-state index in [4.69, 9.17) is 15.2 Å². The van der Waals surface area contributed by atoms with E-state index in [0.29, 0.717) is 42.7 Å². The number of para-hydroxylation sites is 2. The van der Waals surface area contributed by atoms with Crippen molar-refractivity contribution in [3.05, 3.63) is 89.5 Å². The van der Waals surface area contributed by atoms with Crippen molar-refractivity contribution in [3.8, 4) is 0 Å². The normalized spacial score (nSPS) is 20.4. The molecule has 0 radical (unpaired) electrons. The lowest BCUT2D eigenvalue weighted by Crippen LogP contribution is -2.41. The highest BCUT2D eigenvalue weighted by Gasteiger charge is 2.33. The Morgan fingerprint density at radius 1 is 0.822 bits per heavy atom. The van der Waals surface area contributed by atoms with Gasteiger partial charge in [-0.3, -0.25) is 9.59 Å². The Bertz CT molecular complexity index is 1390. The van der Waals surface area contributed by atoms with E-state index in [-0.39, 0.29) is 30.6 Å². The Morgan fingerprint density at radius 2 is 1.56 bits per heavy atom. The van der Waals surface area contributed by atoms with E-state index in [0.717, 1.165) is 49.2 Å². The highest BCUT2D eigenvalue weighted by Crippen LogP contribution is 2.39. The maximum atomic E-state index is 12.7. The molecule has 0 spiro atoms. The van der Waals surface area contributed by atoms with Crippen LogP contribution < -0.4 is 16.4 Å². The number of piperidine rings is 1. The van der Waals surface area contributed by atoms with Crippen LogP contribution in [-0.4, -0.2) is 47.6 Å². The molecule has 3 atom stereocenters. The van der Waals surface area contributed by atoms with Crippen LogP contribution in [0.5, 0.6) is 0 Å². The lowest BCUT2D eigenvalue weighted by atomic mass is 9.99. The van der Waals surface area contributed by atoms with Gasteiger partial charge in [0.2, 0.25) is 11.8 Å². The van der Waals surface area contributed by atoms with Gasteiger partial charge in [0.15, 0.2) is 6.29 Å². The van der Waals surface area contributed by atoms with Gasteiger partial charge in [-0.05, 0) is 74.2 Å². The number of amides is 2. The van der Waals surface area contributed by atoms with Gasteiger partial charge in [-0.25, -0.2) is 0 Å². The van der Waals surface area contributed by atoms with Gasteiger partial charge in [-0.15, -0.1) is 0 Å². The quantitative estimate of drug-likeness (QED) is 0.131. The monoisotopic (exact) mass is 614 g/mol. The van der Waals surface area contributed by atoms with Crippen LogP contribution in [0.4, 0.5) is 17.1 Å². The molecule has 2 heterocycles. The average molecular weight is 615 g/mol. The Labute approximate surface area is 266 Å². The van der Waals surface area contributed by atoms with Crippen molar-refractivity contribution in [2.75, 3.05) is 36.0 Å². The number of nitrogen functional groups attached to an aromatic ring is 1. The van der Waals surface area contributed by atoms with E-state index in [2.05, 4.69) is 15.5 Å². The van der Waals surface area contributed by atoms with E-state index in [1.54, 1.807) is 12.1 Å². The van der Waals surface area contributed by atoms with Crippen molar-refractivity contribution in [1.82, 2.24) is 4.90 Å². The molecule has 45 heavy (non-hydrogen) atoms. The van der Waals surface area contributed by atoms with Crippen LogP contribution >= 0.6 is 0 Å². The van der Waals surface area contributed by atoms with Gasteiger partial charge >= 0.3 is 0 Å². The second-order valence-corrected chi connectivity index (χ2v) is 12.1. The number of hydrogen-bond donors (Lipinski definition) is 4. The minimum absolute atomic E-state index is 0.00902. The van der Waals surface area contributed by atoms with Crippen LogP contribution in [0.2, 0.25) is 0 Å². The van der Waals surface area contributed by atoms with E-state index in [1.807, 2.05) is 60.7 Å². The van der Waals surface area contributed by atoms with Gasteiger partial charge in [0.05, 0.1) is 30.2 Å². The molecule has 2 fully saturated rings. The summed E-state index contributed by atoms with van der Waals surface area (Å²) in [5.41, 5.74) is 10.6.